The van der Waals surface area contributed by atoms with Crippen LogP contribution >= 0.6 is 11.3 Å². The molecule has 1 amide bonds. The van der Waals surface area contributed by atoms with Crippen LogP contribution in [0.4, 0.5) is 16.4 Å². The number of anilines is 2. The number of benzene rings is 1. The fraction of sp³-hybridized carbons (Fsp3) is 0.214. The minimum atomic E-state index is -3.39. The molecule has 132 valence electrons. The van der Waals surface area contributed by atoms with E-state index in [4.69, 9.17) is 0 Å². The van der Waals surface area contributed by atoms with Gasteiger partial charge < -0.3 is 10.4 Å². The number of phenolic OH excluding ortho intramolecular Hbond substituents is 1. The molecule has 3 rings (SSSR count). The van der Waals surface area contributed by atoms with Crippen molar-refractivity contribution < 1.29 is 23.2 Å². The van der Waals surface area contributed by atoms with Crippen molar-refractivity contribution in [2.75, 3.05) is 21.9 Å². The van der Waals surface area contributed by atoms with E-state index in [-0.39, 0.29) is 27.1 Å². The molecule has 9 nitrogen and oxygen atoms in total. The molecule has 1 aliphatic heterocycles. The summed E-state index contributed by atoms with van der Waals surface area (Å²) in [6.45, 7) is 0.331. The molecule has 2 heterocycles. The first-order valence-corrected chi connectivity index (χ1v) is 9.59. The van der Waals surface area contributed by atoms with Crippen LogP contribution in [0.25, 0.3) is 0 Å². The molecule has 2 N–H and O–H groups in total. The second-order valence-electron chi connectivity index (χ2n) is 5.29. The molecule has 0 bridgehead atoms. The second-order valence-corrected chi connectivity index (χ2v) is 8.37. The fourth-order valence-corrected chi connectivity index (χ4v) is 4.71. The maximum Gasteiger partial charge on any atom is 0.324 e. The first-order chi connectivity index (χ1) is 11.8. The summed E-state index contributed by atoms with van der Waals surface area (Å²) >= 11 is 0.704. The maximum absolute atomic E-state index is 12.2. The van der Waals surface area contributed by atoms with E-state index in [1.165, 1.54) is 34.6 Å². The molecule has 1 aromatic carbocycles. The van der Waals surface area contributed by atoms with Crippen molar-refractivity contribution in [1.29, 1.82) is 0 Å². The number of carbonyl (C=O) groups is 1. The third-order valence-corrected chi connectivity index (χ3v) is 6.52. The standard InChI is InChI=1S/C14H13N3O6S2/c18-11-3-2-9(16-6-1-7-25(16,22)23)8-10(11)15-14(19)12-4-5-13(24-12)17(20)21/h2-5,8,18H,1,6-7H2,(H,15,19). The van der Waals surface area contributed by atoms with Crippen LogP contribution in [0.2, 0.25) is 0 Å². The Morgan fingerprint density at radius 3 is 2.68 bits per heavy atom. The summed E-state index contributed by atoms with van der Waals surface area (Å²) in [5, 5.41) is 22.9. The van der Waals surface area contributed by atoms with E-state index in [1.54, 1.807) is 0 Å². The molecule has 0 spiro atoms. The van der Waals surface area contributed by atoms with Gasteiger partial charge in [-0.15, -0.1) is 0 Å². The molecular weight excluding hydrogens is 370 g/mol. The number of rotatable bonds is 4. The third kappa shape index (κ3) is 3.42. The van der Waals surface area contributed by atoms with Gasteiger partial charge in [-0.1, -0.05) is 11.3 Å². The smallest absolute Gasteiger partial charge is 0.324 e. The second kappa shape index (κ2) is 6.33. The zero-order valence-electron chi connectivity index (χ0n) is 12.7. The minimum Gasteiger partial charge on any atom is -0.506 e. The Labute approximate surface area is 146 Å². The quantitative estimate of drug-likeness (QED) is 0.473. The highest BCUT2D eigenvalue weighted by Crippen LogP contribution is 2.33. The average molecular weight is 383 g/mol. The van der Waals surface area contributed by atoms with Gasteiger partial charge in [-0.2, -0.15) is 0 Å². The van der Waals surface area contributed by atoms with E-state index in [0.717, 1.165) is 0 Å². The highest BCUT2D eigenvalue weighted by atomic mass is 32.2. The van der Waals surface area contributed by atoms with Gasteiger partial charge in [0.2, 0.25) is 10.0 Å². The monoisotopic (exact) mass is 383 g/mol. The molecule has 0 unspecified atom stereocenters. The third-order valence-electron chi connectivity index (χ3n) is 3.61. The van der Waals surface area contributed by atoms with Crippen molar-refractivity contribution in [3.63, 3.8) is 0 Å². The topological polar surface area (TPSA) is 130 Å². The van der Waals surface area contributed by atoms with Crippen LogP contribution in [0.15, 0.2) is 30.3 Å². The van der Waals surface area contributed by atoms with Crippen LogP contribution in [0.5, 0.6) is 5.75 Å². The SMILES string of the molecule is O=C(Nc1cc(N2CCCS2(=O)=O)ccc1O)c1ccc([N+](=O)[O-])s1. The van der Waals surface area contributed by atoms with Gasteiger partial charge in [0.1, 0.15) is 5.75 Å². The number of carbonyl (C=O) groups excluding carboxylic acids is 1. The first-order valence-electron chi connectivity index (χ1n) is 7.17. The van der Waals surface area contributed by atoms with Crippen LogP contribution in [0, 0.1) is 10.1 Å². The Balaban J connectivity index is 1.85. The molecule has 0 aliphatic carbocycles. The van der Waals surface area contributed by atoms with E-state index in [2.05, 4.69) is 5.32 Å². The van der Waals surface area contributed by atoms with Gasteiger partial charge in [0.25, 0.3) is 5.91 Å². The van der Waals surface area contributed by atoms with Crippen LogP contribution < -0.4 is 9.62 Å². The molecule has 1 aromatic heterocycles. The lowest BCUT2D eigenvalue weighted by molar-refractivity contribution is -0.380. The maximum atomic E-state index is 12.2. The summed E-state index contributed by atoms with van der Waals surface area (Å²) in [7, 11) is -3.39. The highest BCUT2D eigenvalue weighted by Gasteiger charge is 2.29. The molecule has 0 saturated carbocycles. The number of nitrogens with zero attached hydrogens (tertiary/aromatic N) is 2. The predicted octanol–water partition coefficient (Wildman–Crippen LogP) is 2.15. The number of nitro groups is 1. The molecule has 2 aromatic rings. The van der Waals surface area contributed by atoms with Crippen LogP contribution in [-0.2, 0) is 10.0 Å². The van der Waals surface area contributed by atoms with Gasteiger partial charge in [0, 0.05) is 12.6 Å². The summed E-state index contributed by atoms with van der Waals surface area (Å²) in [5.74, 6) is -0.816. The van der Waals surface area contributed by atoms with Gasteiger partial charge >= 0.3 is 5.00 Å². The van der Waals surface area contributed by atoms with Gasteiger partial charge in [-0.25, -0.2) is 8.42 Å². The van der Waals surface area contributed by atoms with Gasteiger partial charge in [-0.05, 0) is 30.7 Å². The Hall–Kier alpha value is -2.66. The largest absolute Gasteiger partial charge is 0.506 e. The Kier molecular flexibility index (Phi) is 4.35. The number of hydrogen-bond donors (Lipinski definition) is 2. The fourth-order valence-electron chi connectivity index (χ4n) is 2.44. The normalized spacial score (nSPS) is 15.9. The summed E-state index contributed by atoms with van der Waals surface area (Å²) in [5.41, 5.74) is 0.364. The molecule has 1 aliphatic rings. The number of nitrogens with one attached hydrogen (secondary N) is 1. The van der Waals surface area contributed by atoms with Crippen LogP contribution in [0.3, 0.4) is 0 Å². The van der Waals surface area contributed by atoms with Crippen molar-refractivity contribution in [3.05, 3.63) is 45.3 Å². The molecule has 1 saturated heterocycles. The lowest BCUT2D eigenvalue weighted by Crippen LogP contribution is -2.25. The lowest BCUT2D eigenvalue weighted by Gasteiger charge is -2.18. The molecule has 1 fully saturated rings. The van der Waals surface area contributed by atoms with Crippen molar-refractivity contribution in [2.45, 2.75) is 6.42 Å². The Morgan fingerprint density at radius 2 is 2.08 bits per heavy atom. The average Bonchev–Trinajstić information content (AvgIpc) is 3.16. The van der Waals surface area contributed by atoms with Crippen LogP contribution in [0.1, 0.15) is 16.1 Å². The molecule has 0 radical (unpaired) electrons. The zero-order valence-corrected chi connectivity index (χ0v) is 14.3. The van der Waals surface area contributed by atoms with Gasteiger partial charge in [-0.3, -0.25) is 19.2 Å². The lowest BCUT2D eigenvalue weighted by atomic mass is 10.2. The first kappa shape index (κ1) is 17.2. The van der Waals surface area contributed by atoms with E-state index >= 15 is 0 Å². The molecular formula is C14H13N3O6S2. The molecule has 0 atom stereocenters. The molecule has 25 heavy (non-hydrogen) atoms. The van der Waals surface area contributed by atoms with Crippen molar-refractivity contribution in [1.82, 2.24) is 0 Å². The van der Waals surface area contributed by atoms with E-state index in [0.29, 0.717) is 30.0 Å². The molecule has 11 heteroatoms. The summed E-state index contributed by atoms with van der Waals surface area (Å²) in [6, 6.07) is 6.62. The number of thiophene rings is 1. The van der Waals surface area contributed by atoms with E-state index in [1.807, 2.05) is 0 Å². The highest BCUT2D eigenvalue weighted by molar-refractivity contribution is 7.93. The van der Waals surface area contributed by atoms with Crippen molar-refractivity contribution in [2.24, 2.45) is 0 Å². The number of phenols is 1. The summed E-state index contributed by atoms with van der Waals surface area (Å²) in [6.07, 6.45) is 0.504. The van der Waals surface area contributed by atoms with E-state index < -0.39 is 20.9 Å². The number of sulfonamides is 1. The van der Waals surface area contributed by atoms with Gasteiger partial charge in [0.05, 0.1) is 26.9 Å². The summed E-state index contributed by atoms with van der Waals surface area (Å²) in [4.78, 5) is 22.4. The predicted molar refractivity (Wildman–Crippen MR) is 92.8 cm³/mol. The van der Waals surface area contributed by atoms with Crippen molar-refractivity contribution in [3.8, 4) is 5.75 Å². The Bertz CT molecular complexity index is 953. The van der Waals surface area contributed by atoms with E-state index in [9.17, 15) is 28.4 Å². The Morgan fingerprint density at radius 1 is 1.32 bits per heavy atom. The number of aromatic hydroxyl groups is 1. The number of amides is 1. The van der Waals surface area contributed by atoms with Gasteiger partial charge in [0.15, 0.2) is 0 Å². The minimum absolute atomic E-state index is 0.0284. The van der Waals surface area contributed by atoms with Crippen molar-refractivity contribution >= 4 is 43.6 Å². The summed E-state index contributed by atoms with van der Waals surface area (Å²) < 4.78 is 25.2. The number of hydrogen-bond acceptors (Lipinski definition) is 7. The zero-order chi connectivity index (χ0) is 18.2. The van der Waals surface area contributed by atoms with Crippen LogP contribution in [-0.4, -0.2) is 36.7 Å².